The van der Waals surface area contributed by atoms with Gasteiger partial charge in [-0.15, -0.1) is 10.2 Å². The van der Waals surface area contributed by atoms with Gasteiger partial charge in [0.05, 0.1) is 35.6 Å². The molecule has 3 heterocycles. The van der Waals surface area contributed by atoms with Gasteiger partial charge in [-0.3, -0.25) is 9.36 Å². The van der Waals surface area contributed by atoms with Crippen molar-refractivity contribution in [2.45, 2.75) is 19.4 Å². The van der Waals surface area contributed by atoms with Crippen molar-refractivity contribution in [3.05, 3.63) is 64.4 Å². The summed E-state index contributed by atoms with van der Waals surface area (Å²) in [7, 11) is -8.34. The summed E-state index contributed by atoms with van der Waals surface area (Å²) in [6, 6.07) is 13.6. The standard InChI is InChI=1S/C22H24N6O5S2/c1-34(30,31)28(35(2,32)33)17-10-11-19-18(14-17)20(29)26(15-16-8-4-3-5-9-16)22-24-23-21(27(19)22)25-12-6-7-13-25/h3-5,8-11,14H,6-7,12-13,15H2,1-2H3. The van der Waals surface area contributed by atoms with Crippen LogP contribution in [-0.4, -0.2) is 61.6 Å². The van der Waals surface area contributed by atoms with Crippen molar-refractivity contribution in [1.82, 2.24) is 19.2 Å². The highest BCUT2D eigenvalue weighted by Crippen LogP contribution is 2.28. The highest BCUT2D eigenvalue weighted by molar-refractivity contribution is 8.09. The average Bonchev–Trinajstić information content (AvgIpc) is 3.45. The van der Waals surface area contributed by atoms with Gasteiger partial charge in [-0.05, 0) is 36.6 Å². The second kappa shape index (κ2) is 8.34. The maximum atomic E-state index is 13.7. The van der Waals surface area contributed by atoms with Crippen molar-refractivity contribution in [2.24, 2.45) is 0 Å². The number of fused-ring (bicyclic) bond motifs is 3. The first-order valence-corrected chi connectivity index (χ1v) is 14.7. The van der Waals surface area contributed by atoms with E-state index < -0.39 is 25.6 Å². The number of hydrogen-bond donors (Lipinski definition) is 0. The van der Waals surface area contributed by atoms with Crippen molar-refractivity contribution in [3.8, 4) is 0 Å². The maximum Gasteiger partial charge on any atom is 0.263 e. The van der Waals surface area contributed by atoms with Crippen molar-refractivity contribution in [3.63, 3.8) is 0 Å². The highest BCUT2D eigenvalue weighted by Gasteiger charge is 2.29. The van der Waals surface area contributed by atoms with E-state index in [1.54, 1.807) is 4.40 Å². The van der Waals surface area contributed by atoms with Gasteiger partial charge in [0.25, 0.3) is 5.56 Å². The van der Waals surface area contributed by atoms with Crippen LogP contribution in [-0.2, 0) is 26.6 Å². The number of hydrogen-bond acceptors (Lipinski definition) is 8. The molecule has 0 saturated carbocycles. The zero-order chi connectivity index (χ0) is 25.0. The number of benzene rings is 2. The molecule has 184 valence electrons. The number of aromatic nitrogens is 4. The van der Waals surface area contributed by atoms with Crippen molar-refractivity contribution in [1.29, 1.82) is 0 Å². The maximum absolute atomic E-state index is 13.7. The van der Waals surface area contributed by atoms with E-state index >= 15 is 0 Å². The van der Waals surface area contributed by atoms with E-state index in [1.165, 1.54) is 22.8 Å². The van der Waals surface area contributed by atoms with Crippen LogP contribution in [0.5, 0.6) is 0 Å². The lowest BCUT2D eigenvalue weighted by Crippen LogP contribution is -2.35. The van der Waals surface area contributed by atoms with Gasteiger partial charge in [0.15, 0.2) is 0 Å². The first-order chi connectivity index (χ1) is 16.6. The summed E-state index contributed by atoms with van der Waals surface area (Å²) in [6.07, 6.45) is 3.64. The largest absolute Gasteiger partial charge is 0.341 e. The third-order valence-electron chi connectivity index (χ3n) is 5.95. The van der Waals surface area contributed by atoms with Gasteiger partial charge < -0.3 is 4.90 Å². The lowest BCUT2D eigenvalue weighted by Gasteiger charge is -2.21. The average molecular weight is 517 g/mol. The molecule has 13 heteroatoms. The third-order valence-corrected chi connectivity index (χ3v) is 9.20. The SMILES string of the molecule is CS(=O)(=O)N(c1ccc2c(c1)c(=O)n(Cc1ccccc1)c1nnc(N3CCCC3)n21)S(C)(=O)=O. The molecular formula is C22H24N6O5S2. The van der Waals surface area contributed by atoms with E-state index in [2.05, 4.69) is 15.1 Å². The normalized spacial score (nSPS) is 14.7. The van der Waals surface area contributed by atoms with Crippen molar-refractivity contribution < 1.29 is 16.8 Å². The molecule has 1 aliphatic rings. The van der Waals surface area contributed by atoms with Crippen molar-refractivity contribution >= 4 is 48.4 Å². The minimum absolute atomic E-state index is 0.138. The van der Waals surface area contributed by atoms with Gasteiger partial charge >= 0.3 is 0 Å². The Morgan fingerprint density at radius 3 is 2.20 bits per heavy atom. The predicted octanol–water partition coefficient (Wildman–Crippen LogP) is 1.42. The van der Waals surface area contributed by atoms with Crippen LogP contribution in [0.2, 0.25) is 0 Å². The van der Waals surface area contributed by atoms with Crippen LogP contribution in [0.3, 0.4) is 0 Å². The molecule has 0 atom stereocenters. The van der Waals surface area contributed by atoms with E-state index in [0.717, 1.165) is 44.0 Å². The van der Waals surface area contributed by atoms with Crippen LogP contribution in [0.1, 0.15) is 18.4 Å². The second-order valence-corrected chi connectivity index (χ2v) is 12.5. The van der Waals surface area contributed by atoms with Gasteiger partial charge in [0.1, 0.15) is 0 Å². The molecule has 1 aliphatic heterocycles. The van der Waals surface area contributed by atoms with E-state index in [-0.39, 0.29) is 17.6 Å². The number of rotatable bonds is 6. The molecule has 1 saturated heterocycles. The summed E-state index contributed by atoms with van der Waals surface area (Å²) in [5.74, 6) is 0.934. The monoisotopic (exact) mass is 516 g/mol. The van der Waals surface area contributed by atoms with Gasteiger partial charge in [0, 0.05) is 13.1 Å². The van der Waals surface area contributed by atoms with Crippen molar-refractivity contribution in [2.75, 3.05) is 34.2 Å². The molecule has 2 aromatic carbocycles. The Kier molecular flexibility index (Phi) is 5.55. The number of anilines is 2. The number of nitrogens with zero attached hydrogens (tertiary/aromatic N) is 6. The molecule has 11 nitrogen and oxygen atoms in total. The molecule has 1 fully saturated rings. The molecule has 0 spiro atoms. The Hall–Kier alpha value is -3.45. The lowest BCUT2D eigenvalue weighted by molar-refractivity contribution is 0.590. The summed E-state index contributed by atoms with van der Waals surface area (Å²) in [6.45, 7) is 1.81. The smallest absolute Gasteiger partial charge is 0.263 e. The van der Waals surface area contributed by atoms with E-state index in [0.29, 0.717) is 21.0 Å². The number of sulfonamides is 2. The summed E-state index contributed by atoms with van der Waals surface area (Å²) in [5.41, 5.74) is 0.764. The summed E-state index contributed by atoms with van der Waals surface area (Å²) in [4.78, 5) is 15.8. The lowest BCUT2D eigenvalue weighted by atomic mass is 10.2. The fourth-order valence-electron chi connectivity index (χ4n) is 4.56. The van der Waals surface area contributed by atoms with Crippen LogP contribution in [0.25, 0.3) is 16.7 Å². The molecule has 35 heavy (non-hydrogen) atoms. The molecule has 0 amide bonds. The van der Waals surface area contributed by atoms with Crippen LogP contribution < -0.4 is 14.2 Å². The molecule has 2 aromatic heterocycles. The Balaban J connectivity index is 1.83. The Morgan fingerprint density at radius 2 is 1.57 bits per heavy atom. The molecule has 0 bridgehead atoms. The topological polar surface area (TPSA) is 127 Å². The van der Waals surface area contributed by atoms with E-state index in [9.17, 15) is 21.6 Å². The molecular weight excluding hydrogens is 492 g/mol. The fraction of sp³-hybridized carbons (Fsp3) is 0.318. The van der Waals surface area contributed by atoms with Gasteiger partial charge in [-0.25, -0.2) is 21.2 Å². The molecule has 4 aromatic rings. The van der Waals surface area contributed by atoms with Gasteiger partial charge in [-0.2, -0.15) is 3.71 Å². The van der Waals surface area contributed by atoms with Crippen LogP contribution in [0, 0.1) is 0 Å². The second-order valence-electron chi connectivity index (χ2n) is 8.63. The molecule has 5 rings (SSSR count). The van der Waals surface area contributed by atoms with E-state index in [1.807, 2.05) is 30.3 Å². The predicted molar refractivity (Wildman–Crippen MR) is 134 cm³/mol. The van der Waals surface area contributed by atoms with Crippen LogP contribution >= 0.6 is 0 Å². The molecule has 0 aliphatic carbocycles. The third kappa shape index (κ3) is 4.14. The summed E-state index contributed by atoms with van der Waals surface area (Å²) >= 11 is 0. The first-order valence-electron chi connectivity index (χ1n) is 11.0. The minimum atomic E-state index is -4.17. The fourth-order valence-corrected chi connectivity index (χ4v) is 7.52. The first kappa shape index (κ1) is 23.3. The van der Waals surface area contributed by atoms with Crippen LogP contribution in [0.15, 0.2) is 53.3 Å². The Bertz CT molecular complexity index is 1670. The zero-order valence-electron chi connectivity index (χ0n) is 19.2. The molecule has 0 N–H and O–H groups in total. The zero-order valence-corrected chi connectivity index (χ0v) is 20.8. The van der Waals surface area contributed by atoms with Gasteiger partial charge in [-0.1, -0.05) is 30.3 Å². The molecule has 0 radical (unpaired) electrons. The summed E-state index contributed by atoms with van der Waals surface area (Å²) in [5, 5.41) is 8.88. The van der Waals surface area contributed by atoms with E-state index in [4.69, 9.17) is 0 Å². The Labute approximate surface area is 202 Å². The van der Waals surface area contributed by atoms with Gasteiger partial charge in [0.2, 0.25) is 31.8 Å². The molecule has 0 unspecified atom stereocenters. The highest BCUT2D eigenvalue weighted by atomic mass is 32.3. The van der Waals surface area contributed by atoms with Crippen LogP contribution in [0.4, 0.5) is 11.6 Å². The minimum Gasteiger partial charge on any atom is -0.341 e. The Morgan fingerprint density at radius 1 is 0.914 bits per heavy atom. The summed E-state index contributed by atoms with van der Waals surface area (Å²) < 4.78 is 52.9. The quantitative estimate of drug-likeness (QED) is 0.377.